The quantitative estimate of drug-likeness (QED) is 0.584. The normalized spacial score (nSPS) is 10.2. The minimum Gasteiger partial charge on any atom is -0.393 e. The van der Waals surface area contributed by atoms with E-state index in [4.69, 9.17) is 22.7 Å². The molecule has 1 aromatic heterocycles. The van der Waals surface area contributed by atoms with Crippen molar-refractivity contribution in [2.75, 3.05) is 6.61 Å². The molecule has 0 unspecified atom stereocenters. The highest BCUT2D eigenvalue weighted by Gasteiger charge is 1.94. The molecule has 1 heterocycles. The number of nitrogens with two attached hydrogens (primary N) is 1. The van der Waals surface area contributed by atoms with Gasteiger partial charge in [-0.15, -0.1) is 11.3 Å². The van der Waals surface area contributed by atoms with Gasteiger partial charge in [-0.25, -0.2) is 0 Å². The van der Waals surface area contributed by atoms with Gasteiger partial charge in [0.05, 0.1) is 11.6 Å². The zero-order valence-corrected chi connectivity index (χ0v) is 9.00. The fourth-order valence-electron chi connectivity index (χ4n) is 0.916. The summed E-state index contributed by atoms with van der Waals surface area (Å²) in [5.41, 5.74) is 5.35. The zero-order valence-electron chi connectivity index (χ0n) is 7.36. The van der Waals surface area contributed by atoms with Gasteiger partial charge < -0.3 is 10.5 Å². The Balaban J connectivity index is 1.99. The van der Waals surface area contributed by atoms with Crippen molar-refractivity contribution in [1.29, 1.82) is 0 Å². The van der Waals surface area contributed by atoms with Crippen LogP contribution in [0.1, 0.15) is 17.7 Å². The Morgan fingerprint density at radius 1 is 1.62 bits per heavy atom. The van der Waals surface area contributed by atoms with Gasteiger partial charge in [0.15, 0.2) is 0 Å². The lowest BCUT2D eigenvalue weighted by atomic mass is 10.3. The van der Waals surface area contributed by atoms with E-state index in [0.29, 0.717) is 11.6 Å². The number of thiocarbonyl (C=S) groups is 1. The van der Waals surface area contributed by atoms with E-state index < -0.39 is 0 Å². The summed E-state index contributed by atoms with van der Waals surface area (Å²) in [6.07, 6.45) is 1.69. The zero-order chi connectivity index (χ0) is 9.52. The Kier molecular flexibility index (Phi) is 4.97. The molecule has 0 saturated heterocycles. The van der Waals surface area contributed by atoms with Crippen LogP contribution in [-0.4, -0.2) is 11.6 Å². The molecular weight excluding hydrogens is 202 g/mol. The van der Waals surface area contributed by atoms with Gasteiger partial charge in [-0.05, 0) is 24.3 Å². The highest BCUT2D eigenvalue weighted by Crippen LogP contribution is 2.09. The molecule has 1 rings (SSSR count). The third-order valence-corrected chi connectivity index (χ3v) is 2.59. The van der Waals surface area contributed by atoms with Crippen LogP contribution >= 0.6 is 23.6 Å². The second kappa shape index (κ2) is 6.07. The van der Waals surface area contributed by atoms with E-state index in [2.05, 4.69) is 6.07 Å². The molecule has 0 bridgehead atoms. The lowest BCUT2D eigenvalue weighted by Gasteiger charge is -2.01. The summed E-state index contributed by atoms with van der Waals surface area (Å²) < 4.78 is 5.42. The van der Waals surface area contributed by atoms with Crippen molar-refractivity contribution in [3.63, 3.8) is 0 Å². The molecule has 0 saturated carbocycles. The second-order valence-electron chi connectivity index (χ2n) is 2.70. The first-order valence-electron chi connectivity index (χ1n) is 4.17. The van der Waals surface area contributed by atoms with E-state index in [0.717, 1.165) is 19.4 Å². The SMILES string of the molecule is NC(=S)CCCOCc1cccs1. The molecule has 0 amide bonds. The van der Waals surface area contributed by atoms with Crippen LogP contribution in [0.2, 0.25) is 0 Å². The van der Waals surface area contributed by atoms with Crippen LogP contribution in [-0.2, 0) is 11.3 Å². The number of thiophene rings is 1. The minimum atomic E-state index is 0.569. The van der Waals surface area contributed by atoms with Crippen LogP contribution in [0.25, 0.3) is 0 Å². The lowest BCUT2D eigenvalue weighted by Crippen LogP contribution is -2.08. The molecule has 0 fully saturated rings. The lowest BCUT2D eigenvalue weighted by molar-refractivity contribution is 0.122. The van der Waals surface area contributed by atoms with Crippen LogP contribution in [0.5, 0.6) is 0 Å². The van der Waals surface area contributed by atoms with E-state index in [-0.39, 0.29) is 0 Å². The second-order valence-corrected chi connectivity index (χ2v) is 4.26. The first kappa shape index (κ1) is 10.6. The average molecular weight is 215 g/mol. The predicted octanol–water partition coefficient (Wildman–Crippen LogP) is 2.33. The minimum absolute atomic E-state index is 0.569. The third-order valence-electron chi connectivity index (χ3n) is 1.54. The molecular formula is C9H13NOS2. The number of hydrogen-bond acceptors (Lipinski definition) is 3. The van der Waals surface area contributed by atoms with Crippen molar-refractivity contribution in [2.45, 2.75) is 19.4 Å². The van der Waals surface area contributed by atoms with Crippen LogP contribution in [0.4, 0.5) is 0 Å². The first-order valence-corrected chi connectivity index (χ1v) is 5.46. The highest BCUT2D eigenvalue weighted by molar-refractivity contribution is 7.80. The number of hydrogen-bond donors (Lipinski definition) is 1. The number of ether oxygens (including phenoxy) is 1. The van der Waals surface area contributed by atoms with Crippen LogP contribution < -0.4 is 5.73 Å². The largest absolute Gasteiger partial charge is 0.393 e. The summed E-state index contributed by atoms with van der Waals surface area (Å²) in [7, 11) is 0. The van der Waals surface area contributed by atoms with E-state index in [1.165, 1.54) is 4.88 Å². The molecule has 0 aliphatic heterocycles. The maximum Gasteiger partial charge on any atom is 0.0809 e. The van der Waals surface area contributed by atoms with Gasteiger partial charge in [-0.1, -0.05) is 18.3 Å². The number of rotatable bonds is 6. The van der Waals surface area contributed by atoms with Gasteiger partial charge in [0.25, 0.3) is 0 Å². The van der Waals surface area contributed by atoms with E-state index in [1.54, 1.807) is 11.3 Å². The smallest absolute Gasteiger partial charge is 0.0809 e. The summed E-state index contributed by atoms with van der Waals surface area (Å²) in [6.45, 7) is 1.43. The maximum atomic E-state index is 5.42. The fourth-order valence-corrected chi connectivity index (χ4v) is 1.70. The average Bonchev–Trinajstić information content (AvgIpc) is 2.55. The summed E-state index contributed by atoms with van der Waals surface area (Å²) in [4.78, 5) is 1.83. The fraction of sp³-hybridized carbons (Fsp3) is 0.444. The van der Waals surface area contributed by atoms with Crippen molar-refractivity contribution in [3.8, 4) is 0 Å². The standard InChI is InChI=1S/C9H13NOS2/c10-9(12)4-1-5-11-7-8-3-2-6-13-8/h2-3,6H,1,4-5,7H2,(H2,10,12). The molecule has 0 atom stereocenters. The predicted molar refractivity (Wildman–Crippen MR) is 60.0 cm³/mol. The Hall–Kier alpha value is -0.450. The summed E-state index contributed by atoms with van der Waals surface area (Å²) in [6, 6.07) is 4.09. The van der Waals surface area contributed by atoms with Crippen LogP contribution in [0.3, 0.4) is 0 Å². The molecule has 0 radical (unpaired) electrons. The van der Waals surface area contributed by atoms with Gasteiger partial charge in [0.1, 0.15) is 0 Å². The molecule has 0 aliphatic rings. The van der Waals surface area contributed by atoms with Gasteiger partial charge >= 0.3 is 0 Å². The Morgan fingerprint density at radius 2 is 2.46 bits per heavy atom. The molecule has 0 spiro atoms. The van der Waals surface area contributed by atoms with Crippen molar-refractivity contribution < 1.29 is 4.74 Å². The third kappa shape index (κ3) is 4.98. The summed E-state index contributed by atoms with van der Waals surface area (Å²) in [5, 5.41) is 2.05. The maximum absolute atomic E-state index is 5.42. The van der Waals surface area contributed by atoms with Crippen molar-refractivity contribution in [1.82, 2.24) is 0 Å². The Morgan fingerprint density at radius 3 is 3.08 bits per heavy atom. The van der Waals surface area contributed by atoms with Gasteiger partial charge in [0, 0.05) is 11.5 Å². The van der Waals surface area contributed by atoms with Gasteiger partial charge in [0.2, 0.25) is 0 Å². The highest BCUT2D eigenvalue weighted by atomic mass is 32.1. The molecule has 72 valence electrons. The molecule has 13 heavy (non-hydrogen) atoms. The van der Waals surface area contributed by atoms with Gasteiger partial charge in [-0.3, -0.25) is 0 Å². The summed E-state index contributed by atoms with van der Waals surface area (Å²) in [5.74, 6) is 0. The van der Waals surface area contributed by atoms with Crippen molar-refractivity contribution in [2.24, 2.45) is 5.73 Å². The van der Waals surface area contributed by atoms with Crippen molar-refractivity contribution in [3.05, 3.63) is 22.4 Å². The van der Waals surface area contributed by atoms with Gasteiger partial charge in [-0.2, -0.15) is 0 Å². The van der Waals surface area contributed by atoms with E-state index in [9.17, 15) is 0 Å². The Bertz CT molecular complexity index is 246. The van der Waals surface area contributed by atoms with Crippen LogP contribution in [0.15, 0.2) is 17.5 Å². The topological polar surface area (TPSA) is 35.2 Å². The molecule has 4 heteroatoms. The monoisotopic (exact) mass is 215 g/mol. The molecule has 1 aromatic rings. The van der Waals surface area contributed by atoms with E-state index >= 15 is 0 Å². The molecule has 2 N–H and O–H groups in total. The molecule has 0 aromatic carbocycles. The van der Waals surface area contributed by atoms with Crippen LogP contribution in [0, 0.1) is 0 Å². The first-order chi connectivity index (χ1) is 6.29. The molecule has 0 aliphatic carbocycles. The molecule has 2 nitrogen and oxygen atoms in total. The summed E-state index contributed by atoms with van der Waals surface area (Å²) >= 11 is 6.46. The van der Waals surface area contributed by atoms with Crippen molar-refractivity contribution >= 4 is 28.5 Å². The Labute approximate surface area is 87.7 Å². The van der Waals surface area contributed by atoms with E-state index in [1.807, 2.05) is 11.4 Å².